The highest BCUT2D eigenvalue weighted by Crippen LogP contribution is 2.25. The number of amides is 2. The summed E-state index contributed by atoms with van der Waals surface area (Å²) < 4.78 is 0. The van der Waals surface area contributed by atoms with E-state index in [0.717, 1.165) is 21.9 Å². The average molecular weight is 431 g/mol. The van der Waals surface area contributed by atoms with Crippen LogP contribution in [-0.2, 0) is 4.79 Å². The Balaban J connectivity index is 1.38. The number of aliphatic hydroxyl groups excluding tert-OH is 1. The molecule has 32 heavy (non-hydrogen) atoms. The molecule has 1 saturated heterocycles. The summed E-state index contributed by atoms with van der Waals surface area (Å²) >= 11 is 0. The molecule has 2 N–H and O–H groups in total. The van der Waals surface area contributed by atoms with Crippen LogP contribution in [0.25, 0.3) is 10.8 Å². The number of carbonyl (C=O) groups excluding carboxylic acids is 2. The molecule has 3 aromatic rings. The van der Waals surface area contributed by atoms with Gasteiger partial charge < -0.3 is 15.3 Å². The van der Waals surface area contributed by atoms with Gasteiger partial charge in [-0.05, 0) is 48.1 Å². The molecule has 0 spiro atoms. The van der Waals surface area contributed by atoms with Gasteiger partial charge in [0.2, 0.25) is 5.91 Å². The fourth-order valence-electron chi connectivity index (χ4n) is 4.52. The number of nitrogens with zero attached hydrogens (tertiary/aromatic N) is 1. The SMILES string of the molecule is O=C(NC(CCCO)c1ccccc1)C1CCN(C(=O)c2cccc3ccccc23)CC1. The van der Waals surface area contributed by atoms with Gasteiger partial charge in [-0.15, -0.1) is 0 Å². The van der Waals surface area contributed by atoms with Crippen LogP contribution in [0.3, 0.4) is 0 Å². The maximum atomic E-state index is 13.2. The van der Waals surface area contributed by atoms with E-state index in [4.69, 9.17) is 0 Å². The third-order valence-corrected chi connectivity index (χ3v) is 6.34. The van der Waals surface area contributed by atoms with Crippen LogP contribution in [0.4, 0.5) is 0 Å². The van der Waals surface area contributed by atoms with Crippen molar-refractivity contribution < 1.29 is 14.7 Å². The molecule has 1 atom stereocenters. The summed E-state index contributed by atoms with van der Waals surface area (Å²) in [5, 5.41) is 14.4. The smallest absolute Gasteiger partial charge is 0.254 e. The van der Waals surface area contributed by atoms with Crippen molar-refractivity contribution in [2.24, 2.45) is 5.92 Å². The van der Waals surface area contributed by atoms with E-state index in [1.54, 1.807) is 0 Å². The molecule has 3 aromatic carbocycles. The number of piperidine rings is 1. The minimum Gasteiger partial charge on any atom is -0.396 e. The molecule has 1 unspecified atom stereocenters. The van der Waals surface area contributed by atoms with Gasteiger partial charge in [-0.25, -0.2) is 0 Å². The lowest BCUT2D eigenvalue weighted by Gasteiger charge is -2.32. The highest BCUT2D eigenvalue weighted by atomic mass is 16.3. The van der Waals surface area contributed by atoms with Gasteiger partial charge in [0.1, 0.15) is 0 Å². The predicted octanol–water partition coefficient (Wildman–Crippen LogP) is 4.32. The Bertz CT molecular complexity index is 1050. The fourth-order valence-corrected chi connectivity index (χ4v) is 4.52. The molecule has 0 aliphatic carbocycles. The molecule has 0 saturated carbocycles. The minimum atomic E-state index is -0.105. The summed E-state index contributed by atoms with van der Waals surface area (Å²) in [5.41, 5.74) is 1.78. The standard InChI is InChI=1S/C27H30N2O3/c30-19-7-14-25(21-9-2-1-3-10-21)28-26(31)22-15-17-29(18-16-22)27(32)24-13-6-11-20-8-4-5-12-23(20)24/h1-6,8-13,22,25,30H,7,14-19H2,(H,28,31). The third-order valence-electron chi connectivity index (χ3n) is 6.34. The van der Waals surface area contributed by atoms with Crippen LogP contribution in [0.1, 0.15) is 47.6 Å². The van der Waals surface area contributed by atoms with Crippen molar-refractivity contribution in [1.82, 2.24) is 10.2 Å². The molecule has 1 fully saturated rings. The number of carbonyl (C=O) groups is 2. The largest absolute Gasteiger partial charge is 0.396 e. The van der Waals surface area contributed by atoms with Crippen molar-refractivity contribution in [2.45, 2.75) is 31.7 Å². The second kappa shape index (κ2) is 10.4. The Morgan fingerprint density at radius 3 is 2.38 bits per heavy atom. The van der Waals surface area contributed by atoms with Gasteiger partial charge in [0.05, 0.1) is 6.04 Å². The van der Waals surface area contributed by atoms with Crippen LogP contribution in [-0.4, -0.2) is 41.5 Å². The van der Waals surface area contributed by atoms with Crippen molar-refractivity contribution in [2.75, 3.05) is 19.7 Å². The van der Waals surface area contributed by atoms with Crippen LogP contribution in [0.2, 0.25) is 0 Å². The molecule has 5 heteroatoms. The van der Waals surface area contributed by atoms with Gasteiger partial charge in [-0.3, -0.25) is 9.59 Å². The van der Waals surface area contributed by atoms with E-state index in [2.05, 4.69) is 5.32 Å². The highest BCUT2D eigenvalue weighted by molar-refractivity contribution is 6.07. The van der Waals surface area contributed by atoms with Crippen LogP contribution in [0.15, 0.2) is 72.8 Å². The first-order chi connectivity index (χ1) is 15.7. The van der Waals surface area contributed by atoms with Crippen LogP contribution >= 0.6 is 0 Å². The normalized spacial score (nSPS) is 15.5. The first-order valence-corrected chi connectivity index (χ1v) is 11.4. The average Bonchev–Trinajstić information content (AvgIpc) is 2.86. The lowest BCUT2D eigenvalue weighted by Crippen LogP contribution is -2.43. The molecule has 5 nitrogen and oxygen atoms in total. The van der Waals surface area contributed by atoms with Crippen molar-refractivity contribution >= 4 is 22.6 Å². The molecule has 0 radical (unpaired) electrons. The lowest BCUT2D eigenvalue weighted by molar-refractivity contribution is -0.127. The van der Waals surface area contributed by atoms with E-state index in [9.17, 15) is 14.7 Å². The number of hydrogen-bond donors (Lipinski definition) is 2. The van der Waals surface area contributed by atoms with E-state index in [1.165, 1.54) is 0 Å². The molecule has 1 aliphatic rings. The number of hydrogen-bond acceptors (Lipinski definition) is 3. The number of benzene rings is 3. The summed E-state index contributed by atoms with van der Waals surface area (Å²) in [6.45, 7) is 1.26. The summed E-state index contributed by atoms with van der Waals surface area (Å²) in [7, 11) is 0. The number of aliphatic hydroxyl groups is 1. The number of rotatable bonds is 7. The molecule has 0 aromatic heterocycles. The minimum absolute atomic E-state index is 0.0331. The zero-order valence-corrected chi connectivity index (χ0v) is 18.2. The molecule has 166 valence electrons. The van der Waals surface area contributed by atoms with Crippen LogP contribution < -0.4 is 5.32 Å². The summed E-state index contributed by atoms with van der Waals surface area (Å²) in [5.74, 6) is -0.0354. The fraction of sp³-hybridized carbons (Fsp3) is 0.333. The predicted molar refractivity (Wildman–Crippen MR) is 126 cm³/mol. The van der Waals surface area contributed by atoms with Crippen LogP contribution in [0, 0.1) is 5.92 Å². The maximum Gasteiger partial charge on any atom is 0.254 e. The van der Waals surface area contributed by atoms with Gasteiger partial charge >= 0.3 is 0 Å². The lowest BCUT2D eigenvalue weighted by atomic mass is 9.93. The quantitative estimate of drug-likeness (QED) is 0.586. The van der Waals surface area contributed by atoms with E-state index < -0.39 is 0 Å². The van der Waals surface area contributed by atoms with Crippen molar-refractivity contribution in [3.63, 3.8) is 0 Å². The van der Waals surface area contributed by atoms with E-state index in [0.29, 0.717) is 38.8 Å². The summed E-state index contributed by atoms with van der Waals surface area (Å²) in [6, 6.07) is 23.5. The van der Waals surface area contributed by atoms with Crippen LogP contribution in [0.5, 0.6) is 0 Å². The second-order valence-corrected chi connectivity index (χ2v) is 8.43. The summed E-state index contributed by atoms with van der Waals surface area (Å²) in [6.07, 6.45) is 2.65. The number of fused-ring (bicyclic) bond motifs is 1. The molecule has 2 amide bonds. The van der Waals surface area contributed by atoms with Gasteiger partial charge in [0.15, 0.2) is 0 Å². The molecule has 1 aliphatic heterocycles. The topological polar surface area (TPSA) is 69.6 Å². The Hall–Kier alpha value is -3.18. The maximum absolute atomic E-state index is 13.2. The van der Waals surface area contributed by atoms with E-state index in [1.807, 2.05) is 77.7 Å². The molecule has 0 bridgehead atoms. The zero-order valence-electron chi connectivity index (χ0n) is 18.2. The molecule has 1 heterocycles. The second-order valence-electron chi connectivity index (χ2n) is 8.43. The molecular weight excluding hydrogens is 400 g/mol. The first-order valence-electron chi connectivity index (χ1n) is 11.4. The van der Waals surface area contributed by atoms with Crippen molar-refractivity contribution in [3.8, 4) is 0 Å². The Morgan fingerprint density at radius 1 is 0.938 bits per heavy atom. The summed E-state index contributed by atoms with van der Waals surface area (Å²) in [4.78, 5) is 28.0. The molecular formula is C27H30N2O3. The molecule has 4 rings (SSSR count). The number of likely N-dealkylation sites (tertiary alicyclic amines) is 1. The van der Waals surface area contributed by atoms with Gasteiger partial charge in [-0.1, -0.05) is 66.7 Å². The number of nitrogens with one attached hydrogen (secondary N) is 1. The first kappa shape index (κ1) is 22.0. The Labute approximate surface area is 189 Å². The van der Waals surface area contributed by atoms with Crippen molar-refractivity contribution in [3.05, 3.63) is 83.9 Å². The third kappa shape index (κ3) is 5.00. The van der Waals surface area contributed by atoms with Gasteiger partial charge in [0, 0.05) is 31.2 Å². The van der Waals surface area contributed by atoms with Crippen molar-refractivity contribution in [1.29, 1.82) is 0 Å². The Morgan fingerprint density at radius 2 is 1.62 bits per heavy atom. The van der Waals surface area contributed by atoms with Gasteiger partial charge in [0.25, 0.3) is 5.91 Å². The van der Waals surface area contributed by atoms with E-state index >= 15 is 0 Å². The van der Waals surface area contributed by atoms with E-state index in [-0.39, 0.29) is 30.4 Å². The van der Waals surface area contributed by atoms with Gasteiger partial charge in [-0.2, -0.15) is 0 Å². The monoisotopic (exact) mass is 430 g/mol. The highest BCUT2D eigenvalue weighted by Gasteiger charge is 2.29. The Kier molecular flexibility index (Phi) is 7.17. The zero-order chi connectivity index (χ0) is 22.3.